The highest BCUT2D eigenvalue weighted by molar-refractivity contribution is 5.99. The van der Waals surface area contributed by atoms with E-state index >= 15 is 0 Å². The quantitative estimate of drug-likeness (QED) is 0.168. The molecule has 0 unspecified atom stereocenters. The Morgan fingerprint density at radius 3 is 1.38 bits per heavy atom. The summed E-state index contributed by atoms with van der Waals surface area (Å²) in [5.41, 5.74) is 12.5. The average molecular weight is 667 g/mol. The minimum atomic E-state index is 0.573. The highest BCUT2D eigenvalue weighted by atomic mass is 15.0. The third-order valence-electron chi connectivity index (χ3n) is 9.23. The van der Waals surface area contributed by atoms with E-state index in [0.717, 1.165) is 55.4 Å². The monoisotopic (exact) mass is 666 g/mol. The van der Waals surface area contributed by atoms with Gasteiger partial charge in [0, 0.05) is 58.6 Å². The van der Waals surface area contributed by atoms with E-state index in [4.69, 9.17) is 19.9 Å². The van der Waals surface area contributed by atoms with Gasteiger partial charge in [-0.05, 0) is 75.3 Å². The van der Waals surface area contributed by atoms with E-state index in [0.29, 0.717) is 17.5 Å². The lowest BCUT2D eigenvalue weighted by atomic mass is 9.90. The van der Waals surface area contributed by atoms with Gasteiger partial charge < -0.3 is 0 Å². The highest BCUT2D eigenvalue weighted by Gasteiger charge is 2.17. The van der Waals surface area contributed by atoms with Crippen molar-refractivity contribution in [2.75, 3.05) is 0 Å². The van der Waals surface area contributed by atoms with Crippen molar-refractivity contribution in [3.63, 3.8) is 0 Å². The minimum absolute atomic E-state index is 0.573. The van der Waals surface area contributed by atoms with E-state index in [-0.39, 0.29) is 0 Å². The summed E-state index contributed by atoms with van der Waals surface area (Å²) in [4.78, 5) is 28.0. The Morgan fingerprint density at radius 2 is 0.788 bits per heavy atom. The Balaban J connectivity index is 1.16. The summed E-state index contributed by atoms with van der Waals surface area (Å²) in [6.07, 6.45) is 8.83. The molecule has 0 aliphatic heterocycles. The lowest BCUT2D eigenvalue weighted by Crippen LogP contribution is -2.01. The first-order chi connectivity index (χ1) is 25.8. The van der Waals surface area contributed by atoms with Crippen LogP contribution in [-0.4, -0.2) is 29.9 Å². The molecule has 0 aliphatic carbocycles. The lowest BCUT2D eigenvalue weighted by molar-refractivity contribution is 1.07. The molecule has 0 radical (unpaired) electrons. The molecule has 0 fully saturated rings. The van der Waals surface area contributed by atoms with Crippen LogP contribution in [-0.2, 0) is 0 Å². The summed E-state index contributed by atoms with van der Waals surface area (Å²) in [7, 11) is 0. The zero-order chi connectivity index (χ0) is 34.7. The molecule has 4 heterocycles. The van der Waals surface area contributed by atoms with Gasteiger partial charge in [0.05, 0.1) is 5.52 Å². The van der Waals surface area contributed by atoms with Gasteiger partial charge in [-0.25, -0.2) is 15.0 Å². The van der Waals surface area contributed by atoms with Crippen molar-refractivity contribution in [3.8, 4) is 78.7 Å². The zero-order valence-electron chi connectivity index (χ0n) is 28.0. The van der Waals surface area contributed by atoms with Gasteiger partial charge in [-0.1, -0.05) is 115 Å². The van der Waals surface area contributed by atoms with Crippen LogP contribution < -0.4 is 0 Å². The fourth-order valence-corrected chi connectivity index (χ4v) is 6.57. The van der Waals surface area contributed by atoms with E-state index in [1.54, 1.807) is 24.8 Å². The molecule has 0 spiro atoms. The molecule has 9 aromatic rings. The Morgan fingerprint density at radius 1 is 0.288 bits per heavy atom. The van der Waals surface area contributed by atoms with E-state index in [1.807, 2.05) is 42.6 Å². The van der Waals surface area contributed by atoms with Crippen LogP contribution in [0.25, 0.3) is 89.6 Å². The van der Waals surface area contributed by atoms with Crippen molar-refractivity contribution in [2.24, 2.45) is 0 Å². The maximum atomic E-state index is 4.99. The molecule has 0 bridgehead atoms. The van der Waals surface area contributed by atoms with Crippen LogP contribution in [0.15, 0.2) is 183 Å². The van der Waals surface area contributed by atoms with Gasteiger partial charge in [-0.2, -0.15) is 0 Å². The SMILES string of the molecule is c1ccc(-c2ccc(-c3ccc(-c4ccc(-c5nc(-c6ccncc6)nc(-c6ccncc6)n5)cc4-c4cccc5cccnc45)cc3)cc2)cc1. The molecular weight excluding hydrogens is 637 g/mol. The molecule has 4 aromatic heterocycles. The van der Waals surface area contributed by atoms with Crippen LogP contribution >= 0.6 is 0 Å². The first kappa shape index (κ1) is 30.8. The molecule has 0 N–H and O–H groups in total. The largest absolute Gasteiger partial charge is 0.265 e. The molecule has 9 rings (SSSR count). The second kappa shape index (κ2) is 13.6. The summed E-state index contributed by atoms with van der Waals surface area (Å²) in [6.45, 7) is 0. The van der Waals surface area contributed by atoms with Gasteiger partial charge >= 0.3 is 0 Å². The fourth-order valence-electron chi connectivity index (χ4n) is 6.57. The van der Waals surface area contributed by atoms with Crippen molar-refractivity contribution >= 4 is 10.9 Å². The molecule has 0 aliphatic rings. The lowest BCUT2D eigenvalue weighted by Gasteiger charge is -2.15. The third kappa shape index (κ3) is 6.10. The summed E-state index contributed by atoms with van der Waals surface area (Å²) in [5.74, 6) is 1.72. The fraction of sp³-hybridized carbons (Fsp3) is 0. The number of para-hydroxylation sites is 1. The average Bonchev–Trinajstić information content (AvgIpc) is 3.24. The number of hydrogen-bond donors (Lipinski definition) is 0. The van der Waals surface area contributed by atoms with Gasteiger partial charge in [0.25, 0.3) is 0 Å². The number of nitrogens with zero attached hydrogens (tertiary/aromatic N) is 6. The van der Waals surface area contributed by atoms with Gasteiger partial charge in [0.15, 0.2) is 17.5 Å². The van der Waals surface area contributed by atoms with Crippen LogP contribution in [0.4, 0.5) is 0 Å². The summed E-state index contributed by atoms with van der Waals surface area (Å²) >= 11 is 0. The zero-order valence-corrected chi connectivity index (χ0v) is 28.0. The molecule has 244 valence electrons. The van der Waals surface area contributed by atoms with Crippen LogP contribution in [0.3, 0.4) is 0 Å². The predicted octanol–water partition coefficient (Wildman–Crippen LogP) is 10.9. The van der Waals surface area contributed by atoms with E-state index < -0.39 is 0 Å². The second-order valence-corrected chi connectivity index (χ2v) is 12.4. The number of rotatable bonds is 7. The van der Waals surface area contributed by atoms with Crippen LogP contribution in [0.1, 0.15) is 0 Å². The van der Waals surface area contributed by atoms with Crippen LogP contribution in [0.2, 0.25) is 0 Å². The third-order valence-corrected chi connectivity index (χ3v) is 9.23. The first-order valence-corrected chi connectivity index (χ1v) is 17.1. The number of hydrogen-bond acceptors (Lipinski definition) is 6. The van der Waals surface area contributed by atoms with Crippen molar-refractivity contribution in [1.82, 2.24) is 29.9 Å². The van der Waals surface area contributed by atoms with Gasteiger partial charge in [0.2, 0.25) is 0 Å². The maximum absolute atomic E-state index is 4.99. The standard InChI is InChI=1S/C46H30N6/c1-2-6-31(7-3-1)32-11-13-33(14-12-32)34-15-17-35(18-16-34)40-20-19-39(30-42(40)41-10-4-8-36-9-5-25-49-43(36)41)46-51-44(37-21-26-47-27-22-37)50-45(52-46)38-23-28-48-29-24-38/h1-30H. The Labute approximate surface area is 301 Å². The first-order valence-electron chi connectivity index (χ1n) is 17.1. The molecule has 0 atom stereocenters. The normalized spacial score (nSPS) is 11.1. The molecule has 0 saturated heterocycles. The van der Waals surface area contributed by atoms with Gasteiger partial charge in [0.1, 0.15) is 0 Å². The molecular formula is C46H30N6. The molecule has 0 saturated carbocycles. The van der Waals surface area contributed by atoms with Crippen LogP contribution in [0, 0.1) is 0 Å². The summed E-state index contributed by atoms with van der Waals surface area (Å²) < 4.78 is 0. The van der Waals surface area contributed by atoms with Gasteiger partial charge in [-0.3, -0.25) is 15.0 Å². The van der Waals surface area contributed by atoms with Crippen LogP contribution in [0.5, 0.6) is 0 Å². The maximum Gasteiger partial charge on any atom is 0.164 e. The Hall–Kier alpha value is -7.18. The number of fused-ring (bicyclic) bond motifs is 1. The van der Waals surface area contributed by atoms with Crippen molar-refractivity contribution in [1.29, 1.82) is 0 Å². The Kier molecular flexibility index (Phi) is 8.08. The van der Waals surface area contributed by atoms with E-state index in [1.165, 1.54) is 16.7 Å². The van der Waals surface area contributed by atoms with Gasteiger partial charge in [-0.15, -0.1) is 0 Å². The topological polar surface area (TPSA) is 77.3 Å². The summed E-state index contributed by atoms with van der Waals surface area (Å²) in [5, 5.41) is 1.07. The predicted molar refractivity (Wildman–Crippen MR) is 209 cm³/mol. The highest BCUT2D eigenvalue weighted by Crippen LogP contribution is 2.39. The second-order valence-electron chi connectivity index (χ2n) is 12.4. The van der Waals surface area contributed by atoms with Crippen molar-refractivity contribution in [3.05, 3.63) is 183 Å². The molecule has 52 heavy (non-hydrogen) atoms. The Bertz CT molecular complexity index is 2580. The molecule has 6 heteroatoms. The minimum Gasteiger partial charge on any atom is -0.265 e. The number of benzene rings is 5. The van der Waals surface area contributed by atoms with E-state index in [2.05, 4.69) is 125 Å². The summed E-state index contributed by atoms with van der Waals surface area (Å²) in [6, 6.07) is 52.5. The number of pyridine rings is 3. The number of aromatic nitrogens is 6. The van der Waals surface area contributed by atoms with E-state index in [9.17, 15) is 0 Å². The smallest absolute Gasteiger partial charge is 0.164 e. The van der Waals surface area contributed by atoms with Crippen molar-refractivity contribution < 1.29 is 0 Å². The molecule has 6 nitrogen and oxygen atoms in total. The van der Waals surface area contributed by atoms with Crippen molar-refractivity contribution in [2.45, 2.75) is 0 Å². The molecule has 0 amide bonds. The molecule has 5 aromatic carbocycles.